The molecule has 290 valence electrons. The Morgan fingerprint density at radius 3 is 2.49 bits per heavy atom. The van der Waals surface area contributed by atoms with E-state index in [1.54, 1.807) is 0 Å². The van der Waals surface area contributed by atoms with Gasteiger partial charge in [-0.05, 0) is 80.2 Å². The summed E-state index contributed by atoms with van der Waals surface area (Å²) >= 11 is 6.31. The fraction of sp³-hybridized carbons (Fsp3) is 0.579. The van der Waals surface area contributed by atoms with Gasteiger partial charge in [-0.25, -0.2) is 4.79 Å². The first-order chi connectivity index (χ1) is 25.3. The van der Waals surface area contributed by atoms with E-state index in [2.05, 4.69) is 16.0 Å². The molecule has 15 heteroatoms. The highest BCUT2D eigenvalue weighted by atomic mass is 35.5. The fourth-order valence-corrected chi connectivity index (χ4v) is 7.79. The zero-order valence-electron chi connectivity index (χ0n) is 29.8. The quantitative estimate of drug-likeness (QED) is 0.226. The summed E-state index contributed by atoms with van der Waals surface area (Å²) in [5.41, 5.74) is 0.299. The lowest BCUT2D eigenvalue weighted by Gasteiger charge is -2.47. The predicted molar refractivity (Wildman–Crippen MR) is 192 cm³/mol. The third-order valence-corrected chi connectivity index (χ3v) is 10.8. The molecular formula is C38H50ClN3O11. The minimum Gasteiger partial charge on any atom is -0.506 e. The summed E-state index contributed by atoms with van der Waals surface area (Å²) in [5, 5.41) is 62.9. The molecule has 0 radical (unpaired) electrons. The van der Waals surface area contributed by atoms with Crippen molar-refractivity contribution in [2.75, 3.05) is 19.8 Å². The van der Waals surface area contributed by atoms with Gasteiger partial charge in [0.2, 0.25) is 11.8 Å². The summed E-state index contributed by atoms with van der Waals surface area (Å²) in [6.45, 7) is 1.66. The van der Waals surface area contributed by atoms with Gasteiger partial charge in [0.15, 0.2) is 5.60 Å². The number of aryl methyl sites for hydroxylation is 2. The van der Waals surface area contributed by atoms with Gasteiger partial charge in [-0.2, -0.15) is 0 Å². The van der Waals surface area contributed by atoms with Crippen molar-refractivity contribution >= 4 is 35.3 Å². The van der Waals surface area contributed by atoms with Gasteiger partial charge >= 0.3 is 5.97 Å². The summed E-state index contributed by atoms with van der Waals surface area (Å²) in [6.07, 6.45) is -2.60. The van der Waals surface area contributed by atoms with Crippen LogP contribution in [-0.4, -0.2) is 105 Å². The Bertz CT molecular complexity index is 1640. The number of carbonyl (C=O) groups excluding carboxylic acids is 3. The maximum atomic E-state index is 13.4. The van der Waals surface area contributed by atoms with Gasteiger partial charge in [0.05, 0.1) is 41.8 Å². The number of rotatable bonds is 4. The van der Waals surface area contributed by atoms with Crippen molar-refractivity contribution in [3.63, 3.8) is 0 Å². The number of aliphatic hydroxyl groups is 3. The van der Waals surface area contributed by atoms with Crippen LogP contribution in [0.4, 0.5) is 0 Å². The number of aliphatic carboxylic acids is 1. The van der Waals surface area contributed by atoms with E-state index in [1.807, 2.05) is 24.3 Å². The lowest BCUT2D eigenvalue weighted by Crippen LogP contribution is -2.67. The van der Waals surface area contributed by atoms with Crippen molar-refractivity contribution in [1.82, 2.24) is 16.0 Å². The van der Waals surface area contributed by atoms with Gasteiger partial charge in [0.1, 0.15) is 18.0 Å². The van der Waals surface area contributed by atoms with Crippen LogP contribution in [0.25, 0.3) is 0 Å². The number of nitrogens with one attached hydrogen (secondary N) is 3. The van der Waals surface area contributed by atoms with E-state index in [0.29, 0.717) is 57.3 Å². The molecule has 8 atom stereocenters. The van der Waals surface area contributed by atoms with Gasteiger partial charge in [0, 0.05) is 32.1 Å². The molecule has 8 N–H and O–H groups in total. The van der Waals surface area contributed by atoms with Crippen molar-refractivity contribution in [3.8, 4) is 5.75 Å². The van der Waals surface area contributed by atoms with Crippen LogP contribution in [0.2, 0.25) is 5.02 Å². The highest BCUT2D eigenvalue weighted by molar-refractivity contribution is 6.32. The van der Waals surface area contributed by atoms with Gasteiger partial charge in [0.25, 0.3) is 5.91 Å². The smallest absolute Gasteiger partial charge is 0.336 e. The van der Waals surface area contributed by atoms with Crippen LogP contribution in [0.5, 0.6) is 5.75 Å². The van der Waals surface area contributed by atoms with Crippen LogP contribution in [0, 0.1) is 5.92 Å². The number of carboxylic acids is 1. The van der Waals surface area contributed by atoms with E-state index >= 15 is 0 Å². The highest BCUT2D eigenvalue weighted by Crippen LogP contribution is 2.37. The lowest BCUT2D eigenvalue weighted by molar-refractivity contribution is -0.229. The Kier molecular flexibility index (Phi) is 13.7. The maximum absolute atomic E-state index is 13.4. The van der Waals surface area contributed by atoms with Crippen LogP contribution in [0.3, 0.4) is 0 Å². The number of hydrogen-bond acceptors (Lipinski definition) is 10. The number of benzene rings is 2. The molecule has 53 heavy (non-hydrogen) atoms. The number of phenolic OH excluding ortho intramolecular Hbond substituents is 1. The molecule has 3 aliphatic rings. The number of phenols is 1. The third kappa shape index (κ3) is 10.0. The van der Waals surface area contributed by atoms with Gasteiger partial charge < -0.3 is 51.0 Å². The van der Waals surface area contributed by atoms with Crippen LogP contribution in [-0.2, 0) is 36.7 Å². The summed E-state index contributed by atoms with van der Waals surface area (Å²) in [4.78, 5) is 51.5. The Labute approximate surface area is 313 Å². The number of amides is 3. The normalized spacial score (nSPS) is 30.4. The van der Waals surface area contributed by atoms with Crippen molar-refractivity contribution < 1.29 is 54.2 Å². The van der Waals surface area contributed by atoms with Crippen molar-refractivity contribution in [1.29, 1.82) is 0 Å². The predicted octanol–water partition coefficient (Wildman–Crippen LogP) is 2.31. The maximum Gasteiger partial charge on any atom is 0.336 e. The molecule has 3 aliphatic heterocycles. The average molecular weight is 760 g/mol. The molecule has 0 spiro atoms. The molecule has 0 saturated carbocycles. The van der Waals surface area contributed by atoms with Crippen LogP contribution in [0.1, 0.15) is 91.4 Å². The van der Waals surface area contributed by atoms with Gasteiger partial charge in [-0.3, -0.25) is 14.4 Å². The highest BCUT2D eigenvalue weighted by Gasteiger charge is 2.54. The number of hydrogen-bond donors (Lipinski definition) is 8. The second kappa shape index (κ2) is 18.0. The molecule has 6 bridgehead atoms. The third-order valence-electron chi connectivity index (χ3n) is 10.5. The zero-order chi connectivity index (χ0) is 38.3. The Hall–Kier alpha value is -3.79. The Balaban J connectivity index is 1.47. The van der Waals surface area contributed by atoms with E-state index in [1.165, 1.54) is 19.1 Å². The Morgan fingerprint density at radius 2 is 1.77 bits per heavy atom. The SMILES string of the molecule is CC(=O)N[C@H]1[C@H]2O[C@](C(=O)O)(CCCc3cccc(c3)[C@@H](NC(=O)C3CCCOC3)CCCCc3cc(cc(Cl)c3O)C(=O)NC[C@@H](O)[C@H]2O)C[C@@H]1O. The number of β-amino-alcohol motifs (C(OH)–C–C–N with tert-alkyl or cyclic N) is 1. The molecule has 2 fully saturated rings. The first-order valence-corrected chi connectivity index (χ1v) is 18.6. The molecule has 2 aromatic carbocycles. The summed E-state index contributed by atoms with van der Waals surface area (Å²) in [6, 6.07) is 8.83. The number of fused-ring (bicyclic) bond motifs is 6. The second-order valence-corrected chi connectivity index (χ2v) is 14.8. The fourth-order valence-electron chi connectivity index (χ4n) is 7.55. The van der Waals surface area contributed by atoms with E-state index in [4.69, 9.17) is 21.1 Å². The molecule has 3 heterocycles. The molecule has 1 unspecified atom stereocenters. The molecule has 14 nitrogen and oxygen atoms in total. The Morgan fingerprint density at radius 1 is 0.981 bits per heavy atom. The minimum atomic E-state index is -1.98. The molecule has 3 amide bonds. The first kappa shape index (κ1) is 40.4. The van der Waals surface area contributed by atoms with Crippen LogP contribution < -0.4 is 16.0 Å². The average Bonchev–Trinajstić information content (AvgIpc) is 3.13. The van der Waals surface area contributed by atoms with Gasteiger partial charge in [-0.1, -0.05) is 42.3 Å². The van der Waals surface area contributed by atoms with Gasteiger partial charge in [-0.15, -0.1) is 0 Å². The van der Waals surface area contributed by atoms with Crippen molar-refractivity contribution in [2.24, 2.45) is 5.92 Å². The van der Waals surface area contributed by atoms with Crippen molar-refractivity contribution in [3.05, 3.63) is 63.7 Å². The lowest BCUT2D eigenvalue weighted by atomic mass is 9.80. The number of aromatic hydroxyl groups is 1. The molecule has 2 aromatic rings. The van der Waals surface area contributed by atoms with Crippen LogP contribution in [0.15, 0.2) is 36.4 Å². The van der Waals surface area contributed by atoms with E-state index < -0.39 is 66.8 Å². The number of carbonyl (C=O) groups is 4. The van der Waals surface area contributed by atoms with E-state index in [-0.39, 0.29) is 40.6 Å². The number of carboxylic acid groups (broad SMARTS) is 1. The number of ether oxygens (including phenoxy) is 2. The summed E-state index contributed by atoms with van der Waals surface area (Å²) < 4.78 is 11.6. The number of aliphatic hydroxyl groups excluding tert-OH is 3. The summed E-state index contributed by atoms with van der Waals surface area (Å²) in [5.74, 6) is -3.15. The molecule has 0 aliphatic carbocycles. The standard InChI is InChI=1S/C38H50ClN3O11/c1-21(43)41-31-29(44)18-38(37(50)51)13-5-8-22-7-4-10-23(15-22)28(42-36(49)25-11-6-14-52-20-25)12-3-2-9-24-16-26(17-27(39)32(24)46)35(48)40-19-30(45)33(47)34(31)53-38/h4,7,10,15-17,25,28-31,33-34,44-47H,2-3,5-6,8-9,11-14,18-20H2,1H3,(H,40,48)(H,41,43)(H,42,49)(H,50,51)/t25?,28-,29-,30+,31+,33+,34+,38+/m0/s1. The van der Waals surface area contributed by atoms with E-state index in [0.717, 1.165) is 24.0 Å². The zero-order valence-corrected chi connectivity index (χ0v) is 30.5. The number of halogens is 1. The topological polar surface area (TPSA) is 224 Å². The van der Waals surface area contributed by atoms with Crippen molar-refractivity contribution in [2.45, 2.75) is 113 Å². The summed E-state index contributed by atoms with van der Waals surface area (Å²) in [7, 11) is 0. The molecule has 2 saturated heterocycles. The molecule has 5 rings (SSSR count). The molecular weight excluding hydrogens is 710 g/mol. The monoisotopic (exact) mass is 759 g/mol. The minimum absolute atomic E-state index is 0.0490. The van der Waals surface area contributed by atoms with Crippen LogP contribution >= 0.6 is 11.6 Å². The van der Waals surface area contributed by atoms with E-state index in [9.17, 15) is 44.7 Å². The molecule has 0 aromatic heterocycles. The largest absolute Gasteiger partial charge is 0.506 e. The second-order valence-electron chi connectivity index (χ2n) is 14.4. The first-order valence-electron chi connectivity index (χ1n) is 18.3.